The lowest BCUT2D eigenvalue weighted by Crippen LogP contribution is -2.00. The van der Waals surface area contributed by atoms with E-state index in [0.29, 0.717) is 5.02 Å². The molecular weight excluding hydrogens is 340 g/mol. The Kier molecular flexibility index (Phi) is 5.32. The van der Waals surface area contributed by atoms with Gasteiger partial charge in [-0.3, -0.25) is 0 Å². The van der Waals surface area contributed by atoms with Crippen molar-refractivity contribution in [3.05, 3.63) is 58.6 Å². The van der Waals surface area contributed by atoms with Crippen LogP contribution in [0, 0.1) is 0 Å². The lowest BCUT2D eigenvalue weighted by atomic mass is 10.0. The Hall–Kier alpha value is -1.19. The molecule has 0 bridgehead atoms. The Labute approximate surface area is 132 Å². The fourth-order valence-corrected chi connectivity index (χ4v) is 3.01. The normalized spacial score (nSPS) is 12.0. The van der Waals surface area contributed by atoms with Crippen LogP contribution in [0.1, 0.15) is 16.0 Å². The van der Waals surface area contributed by atoms with Gasteiger partial charge in [-0.2, -0.15) is 0 Å². The number of methoxy groups -OCH3 is 2. The number of rotatable bonds is 5. The van der Waals surface area contributed by atoms with Gasteiger partial charge in [0.1, 0.15) is 11.5 Å². The van der Waals surface area contributed by atoms with E-state index in [-0.39, 0.29) is 4.83 Å². The van der Waals surface area contributed by atoms with Crippen LogP contribution in [-0.2, 0) is 6.42 Å². The molecule has 1 unspecified atom stereocenters. The second kappa shape index (κ2) is 7.00. The highest BCUT2D eigenvalue weighted by molar-refractivity contribution is 9.09. The summed E-state index contributed by atoms with van der Waals surface area (Å²) >= 11 is 9.72. The van der Waals surface area contributed by atoms with E-state index in [0.717, 1.165) is 29.0 Å². The first-order valence-corrected chi connectivity index (χ1v) is 7.54. The molecule has 106 valence electrons. The van der Waals surface area contributed by atoms with Gasteiger partial charge in [-0.25, -0.2) is 0 Å². The first-order chi connectivity index (χ1) is 9.65. The molecule has 0 aliphatic heterocycles. The first kappa shape index (κ1) is 15.2. The largest absolute Gasteiger partial charge is 0.496 e. The zero-order valence-electron chi connectivity index (χ0n) is 11.4. The standard InChI is InChI=1S/C16H16BrClO2/c1-19-15-6-4-3-5-11(15)9-14(17)13-8-7-12(18)10-16(13)20-2/h3-8,10,14H,9H2,1-2H3. The quantitative estimate of drug-likeness (QED) is 0.700. The minimum Gasteiger partial charge on any atom is -0.496 e. The zero-order chi connectivity index (χ0) is 14.5. The maximum atomic E-state index is 5.99. The van der Waals surface area contributed by atoms with Crippen LogP contribution in [0.15, 0.2) is 42.5 Å². The Morgan fingerprint density at radius 3 is 2.45 bits per heavy atom. The van der Waals surface area contributed by atoms with Crippen LogP contribution in [0.2, 0.25) is 5.02 Å². The van der Waals surface area contributed by atoms with Crippen molar-refractivity contribution < 1.29 is 9.47 Å². The Bertz CT molecular complexity index is 586. The third-order valence-electron chi connectivity index (χ3n) is 3.12. The highest BCUT2D eigenvalue weighted by Gasteiger charge is 2.16. The van der Waals surface area contributed by atoms with Crippen LogP contribution in [0.5, 0.6) is 11.5 Å². The Morgan fingerprint density at radius 1 is 1.05 bits per heavy atom. The summed E-state index contributed by atoms with van der Waals surface area (Å²) in [6.45, 7) is 0. The van der Waals surface area contributed by atoms with Crippen molar-refractivity contribution in [1.82, 2.24) is 0 Å². The second-order valence-corrected chi connectivity index (χ2v) is 5.91. The van der Waals surface area contributed by atoms with Gasteiger partial charge in [0, 0.05) is 15.4 Å². The molecule has 1 atom stereocenters. The number of hydrogen-bond donors (Lipinski definition) is 0. The molecule has 2 rings (SSSR count). The van der Waals surface area contributed by atoms with Gasteiger partial charge < -0.3 is 9.47 Å². The topological polar surface area (TPSA) is 18.5 Å². The van der Waals surface area contributed by atoms with Crippen LogP contribution in [0.3, 0.4) is 0 Å². The van der Waals surface area contributed by atoms with Crippen LogP contribution in [0.4, 0.5) is 0 Å². The lowest BCUT2D eigenvalue weighted by Gasteiger charge is -2.16. The fraction of sp³-hybridized carbons (Fsp3) is 0.250. The van der Waals surface area contributed by atoms with E-state index in [1.807, 2.05) is 36.4 Å². The summed E-state index contributed by atoms with van der Waals surface area (Å²) in [7, 11) is 3.34. The maximum absolute atomic E-state index is 5.99. The van der Waals surface area contributed by atoms with Gasteiger partial charge in [0.25, 0.3) is 0 Å². The maximum Gasteiger partial charge on any atom is 0.124 e. The van der Waals surface area contributed by atoms with E-state index in [1.54, 1.807) is 14.2 Å². The summed E-state index contributed by atoms with van der Waals surface area (Å²) in [6.07, 6.45) is 0.808. The highest BCUT2D eigenvalue weighted by atomic mass is 79.9. The summed E-state index contributed by atoms with van der Waals surface area (Å²) in [5, 5.41) is 0.669. The molecule has 0 amide bonds. The monoisotopic (exact) mass is 354 g/mol. The molecule has 0 spiro atoms. The number of halogens is 2. The molecule has 0 fully saturated rings. The van der Waals surface area contributed by atoms with Crippen LogP contribution >= 0.6 is 27.5 Å². The predicted octanol–water partition coefficient (Wildman–Crippen LogP) is 5.04. The van der Waals surface area contributed by atoms with E-state index >= 15 is 0 Å². The number of para-hydroxylation sites is 1. The fourth-order valence-electron chi connectivity index (χ4n) is 2.12. The third-order valence-corrected chi connectivity index (χ3v) is 4.18. The third kappa shape index (κ3) is 3.47. The van der Waals surface area contributed by atoms with Gasteiger partial charge in [-0.1, -0.05) is 51.8 Å². The highest BCUT2D eigenvalue weighted by Crippen LogP contribution is 2.36. The molecule has 0 aromatic heterocycles. The van der Waals surface area contributed by atoms with Crippen molar-refractivity contribution in [2.75, 3.05) is 14.2 Å². The smallest absolute Gasteiger partial charge is 0.124 e. The molecule has 2 nitrogen and oxygen atoms in total. The van der Waals surface area contributed by atoms with E-state index in [2.05, 4.69) is 22.0 Å². The van der Waals surface area contributed by atoms with Gasteiger partial charge >= 0.3 is 0 Å². The molecule has 2 aromatic rings. The van der Waals surface area contributed by atoms with Crippen LogP contribution in [0.25, 0.3) is 0 Å². The minimum absolute atomic E-state index is 0.131. The van der Waals surface area contributed by atoms with Crippen LogP contribution < -0.4 is 9.47 Å². The Balaban J connectivity index is 2.26. The van der Waals surface area contributed by atoms with E-state index in [9.17, 15) is 0 Å². The predicted molar refractivity (Wildman–Crippen MR) is 86.4 cm³/mol. The van der Waals surface area contributed by atoms with Gasteiger partial charge in [0.05, 0.1) is 14.2 Å². The molecule has 0 saturated heterocycles. The summed E-state index contributed by atoms with van der Waals surface area (Å²) < 4.78 is 10.8. The summed E-state index contributed by atoms with van der Waals surface area (Å²) in [4.78, 5) is 0.131. The number of benzene rings is 2. The van der Waals surface area contributed by atoms with E-state index in [4.69, 9.17) is 21.1 Å². The molecule has 0 heterocycles. The molecule has 0 radical (unpaired) electrons. The summed E-state index contributed by atoms with van der Waals surface area (Å²) in [5.41, 5.74) is 2.22. The zero-order valence-corrected chi connectivity index (χ0v) is 13.7. The lowest BCUT2D eigenvalue weighted by molar-refractivity contribution is 0.405. The van der Waals surface area contributed by atoms with E-state index < -0.39 is 0 Å². The second-order valence-electron chi connectivity index (χ2n) is 4.37. The number of ether oxygens (including phenoxy) is 2. The van der Waals surface area contributed by atoms with Crippen molar-refractivity contribution in [2.24, 2.45) is 0 Å². The Morgan fingerprint density at radius 2 is 1.75 bits per heavy atom. The summed E-state index contributed by atoms with van der Waals surface area (Å²) in [5.74, 6) is 1.68. The van der Waals surface area contributed by atoms with Crippen molar-refractivity contribution in [3.8, 4) is 11.5 Å². The molecule has 0 N–H and O–H groups in total. The van der Waals surface area contributed by atoms with Crippen LogP contribution in [-0.4, -0.2) is 14.2 Å². The van der Waals surface area contributed by atoms with Crippen molar-refractivity contribution in [3.63, 3.8) is 0 Å². The molecule has 2 aromatic carbocycles. The average Bonchev–Trinajstić information content (AvgIpc) is 2.47. The molecular formula is C16H16BrClO2. The van der Waals surface area contributed by atoms with Crippen molar-refractivity contribution in [2.45, 2.75) is 11.2 Å². The van der Waals surface area contributed by atoms with Gasteiger partial charge in [-0.05, 0) is 30.2 Å². The van der Waals surface area contributed by atoms with Gasteiger partial charge in [0.2, 0.25) is 0 Å². The molecule has 0 saturated carbocycles. The van der Waals surface area contributed by atoms with E-state index in [1.165, 1.54) is 0 Å². The first-order valence-electron chi connectivity index (χ1n) is 6.25. The molecule has 0 aliphatic rings. The molecule has 20 heavy (non-hydrogen) atoms. The number of alkyl halides is 1. The number of hydrogen-bond acceptors (Lipinski definition) is 2. The van der Waals surface area contributed by atoms with Crippen molar-refractivity contribution >= 4 is 27.5 Å². The average molecular weight is 356 g/mol. The SMILES string of the molecule is COc1ccccc1CC(Br)c1ccc(Cl)cc1OC. The molecule has 0 aliphatic carbocycles. The minimum atomic E-state index is 0.131. The van der Waals surface area contributed by atoms with Crippen molar-refractivity contribution in [1.29, 1.82) is 0 Å². The van der Waals surface area contributed by atoms with Gasteiger partial charge in [-0.15, -0.1) is 0 Å². The van der Waals surface area contributed by atoms with Gasteiger partial charge in [0.15, 0.2) is 0 Å². The summed E-state index contributed by atoms with van der Waals surface area (Å²) in [6, 6.07) is 13.7. The molecule has 4 heteroatoms.